The van der Waals surface area contributed by atoms with Gasteiger partial charge in [0.05, 0.1) is 0 Å². The van der Waals surface area contributed by atoms with Gasteiger partial charge in [-0.2, -0.15) is 0 Å². The van der Waals surface area contributed by atoms with E-state index in [0.29, 0.717) is 12.8 Å². The average Bonchev–Trinajstić information content (AvgIpc) is 2.36. The molecule has 7 heteroatoms. The van der Waals surface area contributed by atoms with Gasteiger partial charge in [0.2, 0.25) is 10.0 Å². The zero-order valence-electron chi connectivity index (χ0n) is 11.7. The summed E-state index contributed by atoms with van der Waals surface area (Å²) in [5, 5.41) is 0. The summed E-state index contributed by atoms with van der Waals surface area (Å²) in [5.74, 6) is -2.64. The largest absolute Gasteiger partial charge is 0.399 e. The van der Waals surface area contributed by atoms with Gasteiger partial charge in [0, 0.05) is 11.7 Å². The van der Waals surface area contributed by atoms with Gasteiger partial charge in [0.1, 0.15) is 4.90 Å². The Morgan fingerprint density at radius 3 is 2.24 bits per heavy atom. The summed E-state index contributed by atoms with van der Waals surface area (Å²) in [6.07, 6.45) is 6.59. The molecule has 0 aromatic heterocycles. The summed E-state index contributed by atoms with van der Waals surface area (Å²) in [5.41, 5.74) is 5.29. The van der Waals surface area contributed by atoms with Crippen LogP contribution in [0.5, 0.6) is 0 Å². The summed E-state index contributed by atoms with van der Waals surface area (Å²) in [7, 11) is -4.11. The number of sulfonamides is 1. The van der Waals surface area contributed by atoms with E-state index in [4.69, 9.17) is 5.73 Å². The van der Waals surface area contributed by atoms with Crippen molar-refractivity contribution >= 4 is 15.7 Å². The van der Waals surface area contributed by atoms with E-state index in [1.165, 1.54) is 0 Å². The van der Waals surface area contributed by atoms with Crippen LogP contribution in [0.4, 0.5) is 14.5 Å². The Balaban J connectivity index is 2.21. The molecule has 1 aromatic rings. The molecule has 1 aromatic carbocycles. The zero-order chi connectivity index (χ0) is 15.5. The molecule has 2 rings (SSSR count). The molecule has 3 N–H and O–H groups in total. The highest BCUT2D eigenvalue weighted by Gasteiger charge is 2.26. The molecule has 118 valence electrons. The number of benzene rings is 1. The maximum absolute atomic E-state index is 13.7. The predicted molar refractivity (Wildman–Crippen MR) is 77.2 cm³/mol. The van der Waals surface area contributed by atoms with E-state index in [2.05, 4.69) is 4.72 Å². The molecule has 21 heavy (non-hydrogen) atoms. The number of hydrogen-bond donors (Lipinski definition) is 2. The predicted octanol–water partition coefficient (Wildman–Crippen LogP) is 2.94. The van der Waals surface area contributed by atoms with E-state index >= 15 is 0 Å². The van der Waals surface area contributed by atoms with E-state index in [-0.39, 0.29) is 11.7 Å². The first-order valence-electron chi connectivity index (χ1n) is 7.17. The van der Waals surface area contributed by atoms with Crippen LogP contribution in [0.25, 0.3) is 0 Å². The third kappa shape index (κ3) is 4.14. The second-order valence-electron chi connectivity index (χ2n) is 5.48. The zero-order valence-corrected chi connectivity index (χ0v) is 12.6. The number of rotatable bonds is 3. The second-order valence-corrected chi connectivity index (χ2v) is 7.16. The number of halogens is 2. The molecule has 0 heterocycles. The summed E-state index contributed by atoms with van der Waals surface area (Å²) in [6.45, 7) is 0. The SMILES string of the molecule is Nc1cc(F)c(F)c(S(=O)(=O)NC2CCCCCCC2)c1. The van der Waals surface area contributed by atoms with Gasteiger partial charge in [-0.3, -0.25) is 0 Å². The van der Waals surface area contributed by atoms with Crippen LogP contribution in [0.15, 0.2) is 17.0 Å². The van der Waals surface area contributed by atoms with Crippen molar-refractivity contribution < 1.29 is 17.2 Å². The lowest BCUT2D eigenvalue weighted by Crippen LogP contribution is -2.35. The molecule has 0 saturated heterocycles. The van der Waals surface area contributed by atoms with Crippen LogP contribution < -0.4 is 10.5 Å². The van der Waals surface area contributed by atoms with E-state index in [1.54, 1.807) is 0 Å². The van der Waals surface area contributed by atoms with Gasteiger partial charge < -0.3 is 5.73 Å². The number of nitrogens with two attached hydrogens (primary N) is 1. The lowest BCUT2D eigenvalue weighted by atomic mass is 9.97. The molecule has 0 amide bonds. The first kappa shape index (κ1) is 16.2. The lowest BCUT2D eigenvalue weighted by Gasteiger charge is -2.21. The second kappa shape index (κ2) is 6.70. The summed E-state index contributed by atoms with van der Waals surface area (Å²) in [4.78, 5) is -0.720. The molecule has 0 bridgehead atoms. The van der Waals surface area contributed by atoms with Crippen LogP contribution in [0, 0.1) is 11.6 Å². The van der Waals surface area contributed by atoms with Gasteiger partial charge >= 0.3 is 0 Å². The lowest BCUT2D eigenvalue weighted by molar-refractivity contribution is 0.424. The van der Waals surface area contributed by atoms with Crippen molar-refractivity contribution in [3.63, 3.8) is 0 Å². The van der Waals surface area contributed by atoms with Crippen molar-refractivity contribution in [1.29, 1.82) is 0 Å². The Hall–Kier alpha value is -1.21. The maximum Gasteiger partial charge on any atom is 0.243 e. The van der Waals surface area contributed by atoms with Crippen LogP contribution in [0.2, 0.25) is 0 Å². The van der Waals surface area contributed by atoms with Crippen molar-refractivity contribution in [2.75, 3.05) is 5.73 Å². The van der Waals surface area contributed by atoms with Gasteiger partial charge in [-0.15, -0.1) is 0 Å². The van der Waals surface area contributed by atoms with Gasteiger partial charge in [-0.25, -0.2) is 21.9 Å². The fourth-order valence-electron chi connectivity index (χ4n) is 2.64. The Labute approximate surface area is 123 Å². The number of nitrogen functional groups attached to an aromatic ring is 1. The normalized spacial score (nSPS) is 18.2. The Morgan fingerprint density at radius 1 is 1.05 bits per heavy atom. The van der Waals surface area contributed by atoms with Gasteiger partial charge in [0.15, 0.2) is 11.6 Å². The minimum Gasteiger partial charge on any atom is -0.399 e. The first-order chi connectivity index (χ1) is 9.90. The highest BCUT2D eigenvalue weighted by molar-refractivity contribution is 7.89. The van der Waals surface area contributed by atoms with Gasteiger partial charge in [-0.1, -0.05) is 32.1 Å². The molecule has 0 unspecified atom stereocenters. The Morgan fingerprint density at radius 2 is 1.62 bits per heavy atom. The number of nitrogens with one attached hydrogen (secondary N) is 1. The third-order valence-corrected chi connectivity index (χ3v) is 5.25. The van der Waals surface area contributed by atoms with Crippen molar-refractivity contribution in [2.45, 2.75) is 55.9 Å². The van der Waals surface area contributed by atoms with E-state index in [0.717, 1.165) is 44.2 Å². The smallest absolute Gasteiger partial charge is 0.243 e. The standard InChI is InChI=1S/C14H20F2N2O2S/c15-12-8-10(17)9-13(14(12)16)21(19,20)18-11-6-4-2-1-3-5-7-11/h8-9,11,18H,1-7,17H2. The molecule has 0 atom stereocenters. The number of anilines is 1. The van der Waals surface area contributed by atoms with Crippen molar-refractivity contribution in [2.24, 2.45) is 0 Å². The molecule has 0 aliphatic heterocycles. The molecule has 1 saturated carbocycles. The highest BCUT2D eigenvalue weighted by Crippen LogP contribution is 2.23. The van der Waals surface area contributed by atoms with Crippen LogP contribution in [0.1, 0.15) is 44.9 Å². The molecule has 0 spiro atoms. The monoisotopic (exact) mass is 318 g/mol. The van der Waals surface area contributed by atoms with E-state index < -0.39 is 26.6 Å². The number of hydrogen-bond acceptors (Lipinski definition) is 3. The molecule has 0 radical (unpaired) electrons. The van der Waals surface area contributed by atoms with Crippen molar-refractivity contribution in [3.05, 3.63) is 23.8 Å². The molecule has 1 fully saturated rings. The maximum atomic E-state index is 13.7. The van der Waals surface area contributed by atoms with Gasteiger partial charge in [-0.05, 0) is 25.0 Å². The molecular weight excluding hydrogens is 298 g/mol. The van der Waals surface area contributed by atoms with Gasteiger partial charge in [0.25, 0.3) is 0 Å². The summed E-state index contributed by atoms with van der Waals surface area (Å²) >= 11 is 0. The fourth-order valence-corrected chi connectivity index (χ4v) is 4.06. The summed E-state index contributed by atoms with van der Waals surface area (Å²) < 4.78 is 54.0. The molecule has 1 aliphatic carbocycles. The van der Waals surface area contributed by atoms with Crippen LogP contribution in [-0.4, -0.2) is 14.5 Å². The quantitative estimate of drug-likeness (QED) is 0.842. The molecule has 1 aliphatic rings. The highest BCUT2D eigenvalue weighted by atomic mass is 32.2. The average molecular weight is 318 g/mol. The molecule has 4 nitrogen and oxygen atoms in total. The van der Waals surface area contributed by atoms with Crippen LogP contribution in [0.3, 0.4) is 0 Å². The Kier molecular flexibility index (Phi) is 5.16. The van der Waals surface area contributed by atoms with Crippen molar-refractivity contribution in [3.8, 4) is 0 Å². The van der Waals surface area contributed by atoms with Crippen LogP contribution >= 0.6 is 0 Å². The van der Waals surface area contributed by atoms with Crippen LogP contribution in [-0.2, 0) is 10.0 Å². The third-order valence-electron chi connectivity index (χ3n) is 3.73. The minimum absolute atomic E-state index is 0.119. The van der Waals surface area contributed by atoms with Crippen molar-refractivity contribution in [1.82, 2.24) is 4.72 Å². The topological polar surface area (TPSA) is 72.2 Å². The first-order valence-corrected chi connectivity index (χ1v) is 8.65. The molecular formula is C14H20F2N2O2S. The van der Waals surface area contributed by atoms with E-state index in [1.807, 2.05) is 0 Å². The fraction of sp³-hybridized carbons (Fsp3) is 0.571. The van der Waals surface area contributed by atoms with E-state index in [9.17, 15) is 17.2 Å². The minimum atomic E-state index is -4.11. The Bertz CT molecular complexity index is 597. The summed E-state index contributed by atoms with van der Waals surface area (Å²) in [6, 6.07) is 1.48.